The minimum Gasteiger partial charge on any atom is -0.355 e. The van der Waals surface area contributed by atoms with Gasteiger partial charge in [-0.3, -0.25) is 4.79 Å². The van der Waals surface area contributed by atoms with Crippen LogP contribution in [0.5, 0.6) is 0 Å². The van der Waals surface area contributed by atoms with Gasteiger partial charge in [-0.15, -0.1) is 0 Å². The zero-order valence-electron chi connectivity index (χ0n) is 14.8. The summed E-state index contributed by atoms with van der Waals surface area (Å²) < 4.78 is 13.9. The summed E-state index contributed by atoms with van der Waals surface area (Å²) in [6.45, 7) is 3.57. The van der Waals surface area contributed by atoms with Gasteiger partial charge in [0.15, 0.2) is 0 Å². The molecule has 0 aliphatic carbocycles. The summed E-state index contributed by atoms with van der Waals surface area (Å²) >= 11 is 0. The van der Waals surface area contributed by atoms with Crippen LogP contribution >= 0.6 is 0 Å². The topological polar surface area (TPSA) is 61.4 Å². The molecule has 5 nitrogen and oxygen atoms in total. The van der Waals surface area contributed by atoms with E-state index in [-0.39, 0.29) is 17.8 Å². The van der Waals surface area contributed by atoms with Crippen LogP contribution in [0.3, 0.4) is 0 Å². The van der Waals surface area contributed by atoms with Gasteiger partial charge in [0.1, 0.15) is 5.82 Å². The number of rotatable bonds is 4. The Morgan fingerprint density at radius 3 is 2.44 bits per heavy atom. The molecule has 2 aromatic carbocycles. The van der Waals surface area contributed by atoms with E-state index in [1.165, 1.54) is 11.0 Å². The normalized spacial score (nSPS) is 11.6. The lowest BCUT2D eigenvalue weighted by molar-refractivity contribution is 0.0963. The third-order valence-corrected chi connectivity index (χ3v) is 4.21. The number of anilines is 1. The molecule has 0 aliphatic rings. The van der Waals surface area contributed by atoms with Crippen LogP contribution in [0.4, 0.5) is 14.9 Å². The fourth-order valence-electron chi connectivity index (χ4n) is 2.49. The highest BCUT2D eigenvalue weighted by Crippen LogP contribution is 2.23. The smallest absolute Gasteiger partial charge is 0.322 e. The van der Waals surface area contributed by atoms with E-state index in [9.17, 15) is 14.0 Å². The predicted molar refractivity (Wildman–Crippen MR) is 96.2 cm³/mol. The molecule has 132 valence electrons. The maximum absolute atomic E-state index is 13.9. The fraction of sp³-hybridized carbons (Fsp3) is 0.263. The number of carbonyl (C=O) groups excluding carboxylic acids is 2. The molecular weight excluding hydrogens is 321 g/mol. The van der Waals surface area contributed by atoms with Gasteiger partial charge in [0.25, 0.3) is 5.91 Å². The maximum atomic E-state index is 13.9. The van der Waals surface area contributed by atoms with E-state index in [0.29, 0.717) is 16.8 Å². The molecule has 0 spiro atoms. The summed E-state index contributed by atoms with van der Waals surface area (Å²) in [5.74, 6) is -0.535. The standard InChI is InChI=1S/C19H22FN3O2/c1-12-11-14(18(24)21-3)9-10-17(12)22-19(25)23(4)13(2)15-7-5-6-8-16(15)20/h5-11,13H,1-4H3,(H,21,24)(H,22,25). The Balaban J connectivity index is 2.13. The van der Waals surface area contributed by atoms with Crippen molar-refractivity contribution < 1.29 is 14.0 Å². The van der Waals surface area contributed by atoms with Crippen molar-refractivity contribution in [1.29, 1.82) is 0 Å². The molecule has 1 unspecified atom stereocenters. The second-order valence-corrected chi connectivity index (χ2v) is 5.85. The van der Waals surface area contributed by atoms with Gasteiger partial charge in [0, 0.05) is 30.9 Å². The van der Waals surface area contributed by atoms with Crippen molar-refractivity contribution in [2.45, 2.75) is 19.9 Å². The molecule has 0 radical (unpaired) electrons. The second kappa shape index (κ2) is 7.79. The number of hydrogen-bond acceptors (Lipinski definition) is 2. The van der Waals surface area contributed by atoms with Gasteiger partial charge in [-0.1, -0.05) is 18.2 Å². The molecule has 1 atom stereocenters. The largest absolute Gasteiger partial charge is 0.355 e. The zero-order chi connectivity index (χ0) is 18.6. The predicted octanol–water partition coefficient (Wildman–Crippen LogP) is 3.72. The van der Waals surface area contributed by atoms with E-state index in [0.717, 1.165) is 5.56 Å². The van der Waals surface area contributed by atoms with Gasteiger partial charge in [0.05, 0.1) is 6.04 Å². The summed E-state index contributed by atoms with van der Waals surface area (Å²) in [5, 5.41) is 5.35. The summed E-state index contributed by atoms with van der Waals surface area (Å²) in [7, 11) is 3.17. The first-order chi connectivity index (χ1) is 11.8. The quantitative estimate of drug-likeness (QED) is 0.889. The van der Waals surface area contributed by atoms with Gasteiger partial charge in [-0.05, 0) is 43.7 Å². The molecule has 6 heteroatoms. The minimum absolute atomic E-state index is 0.189. The van der Waals surface area contributed by atoms with E-state index < -0.39 is 6.04 Å². The zero-order valence-corrected chi connectivity index (χ0v) is 14.8. The fourth-order valence-corrected chi connectivity index (χ4v) is 2.49. The summed E-state index contributed by atoms with van der Waals surface area (Å²) in [5.41, 5.74) is 2.34. The number of urea groups is 1. The highest BCUT2D eigenvalue weighted by atomic mass is 19.1. The first-order valence-electron chi connectivity index (χ1n) is 7.96. The third-order valence-electron chi connectivity index (χ3n) is 4.21. The molecule has 0 fully saturated rings. The summed E-state index contributed by atoms with van der Waals surface area (Å²) in [6.07, 6.45) is 0. The highest BCUT2D eigenvalue weighted by molar-refractivity contribution is 5.96. The van der Waals surface area contributed by atoms with E-state index in [1.54, 1.807) is 57.4 Å². The molecule has 25 heavy (non-hydrogen) atoms. The average molecular weight is 343 g/mol. The molecule has 0 aromatic heterocycles. The monoisotopic (exact) mass is 343 g/mol. The van der Waals surface area contributed by atoms with Crippen molar-refractivity contribution in [3.05, 3.63) is 65.0 Å². The van der Waals surface area contributed by atoms with Gasteiger partial charge in [0.2, 0.25) is 0 Å². The Morgan fingerprint density at radius 2 is 1.84 bits per heavy atom. The molecule has 2 aromatic rings. The molecule has 0 saturated carbocycles. The molecule has 2 rings (SSSR count). The molecule has 0 heterocycles. The number of benzene rings is 2. The Kier molecular flexibility index (Phi) is 5.75. The lowest BCUT2D eigenvalue weighted by atomic mass is 10.1. The maximum Gasteiger partial charge on any atom is 0.322 e. The molecule has 0 aliphatic heterocycles. The molecule has 0 bridgehead atoms. The molecule has 3 amide bonds. The molecular formula is C19H22FN3O2. The van der Waals surface area contributed by atoms with E-state index in [2.05, 4.69) is 10.6 Å². The van der Waals surface area contributed by atoms with E-state index >= 15 is 0 Å². The van der Waals surface area contributed by atoms with Crippen molar-refractivity contribution >= 4 is 17.6 Å². The number of nitrogens with one attached hydrogen (secondary N) is 2. The minimum atomic E-state index is -0.424. The molecule has 0 saturated heterocycles. The van der Waals surface area contributed by atoms with Crippen LogP contribution in [0.1, 0.15) is 34.5 Å². The van der Waals surface area contributed by atoms with Crippen LogP contribution in [0.2, 0.25) is 0 Å². The number of aryl methyl sites for hydroxylation is 1. The Labute approximate surface area is 146 Å². The SMILES string of the molecule is CNC(=O)c1ccc(NC(=O)N(C)C(C)c2ccccc2F)c(C)c1. The van der Waals surface area contributed by atoms with Crippen LogP contribution in [0, 0.1) is 12.7 Å². The number of nitrogens with zero attached hydrogens (tertiary/aromatic N) is 1. The first kappa shape index (κ1) is 18.4. The van der Waals surface area contributed by atoms with Crippen molar-refractivity contribution in [2.75, 3.05) is 19.4 Å². The summed E-state index contributed by atoms with van der Waals surface area (Å²) in [6, 6.07) is 10.6. The van der Waals surface area contributed by atoms with Crippen molar-refractivity contribution in [3.63, 3.8) is 0 Å². The van der Waals surface area contributed by atoms with Crippen LogP contribution in [-0.4, -0.2) is 30.9 Å². The van der Waals surface area contributed by atoms with E-state index in [4.69, 9.17) is 0 Å². The van der Waals surface area contributed by atoms with Crippen LogP contribution in [0.25, 0.3) is 0 Å². The number of amides is 3. The highest BCUT2D eigenvalue weighted by Gasteiger charge is 2.20. The van der Waals surface area contributed by atoms with Crippen LogP contribution < -0.4 is 10.6 Å². The van der Waals surface area contributed by atoms with Gasteiger partial charge in [-0.2, -0.15) is 0 Å². The van der Waals surface area contributed by atoms with Gasteiger partial charge in [-0.25, -0.2) is 9.18 Å². The van der Waals surface area contributed by atoms with Crippen LogP contribution in [-0.2, 0) is 0 Å². The summed E-state index contributed by atoms with van der Waals surface area (Å²) in [4.78, 5) is 25.6. The van der Waals surface area contributed by atoms with Gasteiger partial charge >= 0.3 is 6.03 Å². The van der Waals surface area contributed by atoms with E-state index in [1.807, 2.05) is 6.92 Å². The lowest BCUT2D eigenvalue weighted by Gasteiger charge is -2.26. The number of carbonyl (C=O) groups is 2. The lowest BCUT2D eigenvalue weighted by Crippen LogP contribution is -2.34. The first-order valence-corrected chi connectivity index (χ1v) is 7.96. The molecule has 2 N–H and O–H groups in total. The van der Waals surface area contributed by atoms with Crippen LogP contribution in [0.15, 0.2) is 42.5 Å². The Bertz CT molecular complexity index is 792. The van der Waals surface area contributed by atoms with Crippen molar-refractivity contribution in [2.24, 2.45) is 0 Å². The van der Waals surface area contributed by atoms with Gasteiger partial charge < -0.3 is 15.5 Å². The number of halogens is 1. The average Bonchev–Trinajstić information content (AvgIpc) is 2.61. The Hall–Kier alpha value is -2.89. The third kappa shape index (κ3) is 4.15. The van der Waals surface area contributed by atoms with Crippen molar-refractivity contribution in [1.82, 2.24) is 10.2 Å². The Morgan fingerprint density at radius 1 is 1.16 bits per heavy atom. The number of hydrogen-bond donors (Lipinski definition) is 2. The van der Waals surface area contributed by atoms with Crippen molar-refractivity contribution in [3.8, 4) is 0 Å². The second-order valence-electron chi connectivity index (χ2n) is 5.85.